The molecule has 1 saturated heterocycles. The summed E-state index contributed by atoms with van der Waals surface area (Å²) < 4.78 is 5.26. The van der Waals surface area contributed by atoms with Crippen molar-refractivity contribution in [3.63, 3.8) is 0 Å². The van der Waals surface area contributed by atoms with Gasteiger partial charge in [0.1, 0.15) is 5.75 Å². The molecule has 1 aromatic carbocycles. The predicted molar refractivity (Wildman–Crippen MR) is 62.3 cm³/mol. The van der Waals surface area contributed by atoms with Crippen LogP contribution in [0.3, 0.4) is 0 Å². The molecule has 0 aromatic heterocycles. The summed E-state index contributed by atoms with van der Waals surface area (Å²) in [4.78, 5) is 0. The molecule has 2 heteroatoms. The van der Waals surface area contributed by atoms with Gasteiger partial charge in [-0.05, 0) is 43.0 Å². The Labute approximate surface area is 91.6 Å². The summed E-state index contributed by atoms with van der Waals surface area (Å²) in [5, 5.41) is 3.55. The van der Waals surface area contributed by atoms with E-state index in [2.05, 4.69) is 37.4 Å². The zero-order valence-corrected chi connectivity index (χ0v) is 9.71. The highest BCUT2D eigenvalue weighted by Gasteiger charge is 2.22. The Kier molecular flexibility index (Phi) is 2.96. The first-order valence-electron chi connectivity index (χ1n) is 5.58. The predicted octanol–water partition coefficient (Wildman–Crippen LogP) is 2.67. The van der Waals surface area contributed by atoms with Gasteiger partial charge in [-0.15, -0.1) is 0 Å². The molecule has 0 saturated carbocycles. The van der Waals surface area contributed by atoms with Gasteiger partial charge in [-0.2, -0.15) is 0 Å². The Bertz CT molecular complexity index is 348. The van der Waals surface area contributed by atoms with E-state index in [4.69, 9.17) is 4.74 Å². The molecule has 0 aliphatic carbocycles. The van der Waals surface area contributed by atoms with Crippen LogP contribution in [-0.2, 0) is 0 Å². The van der Waals surface area contributed by atoms with Crippen molar-refractivity contribution < 1.29 is 4.74 Å². The number of hydrogen-bond acceptors (Lipinski definition) is 2. The Hall–Kier alpha value is -1.02. The van der Waals surface area contributed by atoms with E-state index in [-0.39, 0.29) is 0 Å². The highest BCUT2D eigenvalue weighted by molar-refractivity contribution is 5.37. The van der Waals surface area contributed by atoms with Gasteiger partial charge in [0.15, 0.2) is 0 Å². The Morgan fingerprint density at radius 2 is 2.20 bits per heavy atom. The largest absolute Gasteiger partial charge is 0.496 e. The van der Waals surface area contributed by atoms with Crippen LogP contribution in [0.15, 0.2) is 18.2 Å². The minimum Gasteiger partial charge on any atom is -0.496 e. The van der Waals surface area contributed by atoms with Gasteiger partial charge in [0.05, 0.1) is 7.11 Å². The molecule has 1 aromatic rings. The van der Waals surface area contributed by atoms with Crippen LogP contribution in [0, 0.1) is 12.8 Å². The minimum absolute atomic E-state index is 0.532. The average molecular weight is 205 g/mol. The molecule has 15 heavy (non-hydrogen) atoms. The second kappa shape index (κ2) is 4.23. The maximum atomic E-state index is 5.26. The standard InChI is InChI=1S/C13H19NO/c1-9-6-12(14-8-9)11-4-5-13(15-3)10(2)7-11/h4-5,7,9,12,14H,6,8H2,1-3H3. The maximum Gasteiger partial charge on any atom is 0.121 e. The number of ether oxygens (including phenoxy) is 1. The van der Waals surface area contributed by atoms with Crippen molar-refractivity contribution >= 4 is 0 Å². The molecular weight excluding hydrogens is 186 g/mol. The molecule has 2 nitrogen and oxygen atoms in total. The van der Waals surface area contributed by atoms with Crippen molar-refractivity contribution in [2.45, 2.75) is 26.3 Å². The van der Waals surface area contributed by atoms with Gasteiger partial charge in [-0.3, -0.25) is 0 Å². The van der Waals surface area contributed by atoms with Crippen molar-refractivity contribution in [2.75, 3.05) is 13.7 Å². The molecule has 2 rings (SSSR count). The van der Waals surface area contributed by atoms with E-state index in [0.717, 1.165) is 18.2 Å². The maximum absolute atomic E-state index is 5.26. The van der Waals surface area contributed by atoms with Gasteiger partial charge in [-0.1, -0.05) is 19.1 Å². The third kappa shape index (κ3) is 2.15. The van der Waals surface area contributed by atoms with Gasteiger partial charge >= 0.3 is 0 Å². The van der Waals surface area contributed by atoms with Crippen molar-refractivity contribution in [1.82, 2.24) is 5.32 Å². The second-order valence-corrected chi connectivity index (χ2v) is 4.53. The van der Waals surface area contributed by atoms with Crippen LogP contribution in [0.4, 0.5) is 0 Å². The quantitative estimate of drug-likeness (QED) is 0.801. The van der Waals surface area contributed by atoms with Crippen molar-refractivity contribution in [3.05, 3.63) is 29.3 Å². The highest BCUT2D eigenvalue weighted by atomic mass is 16.5. The van der Waals surface area contributed by atoms with Crippen LogP contribution in [-0.4, -0.2) is 13.7 Å². The lowest BCUT2D eigenvalue weighted by Crippen LogP contribution is -2.13. The van der Waals surface area contributed by atoms with Crippen molar-refractivity contribution in [3.8, 4) is 5.75 Å². The summed E-state index contributed by atoms with van der Waals surface area (Å²) in [5.41, 5.74) is 2.61. The molecule has 0 bridgehead atoms. The topological polar surface area (TPSA) is 21.3 Å². The number of hydrogen-bond donors (Lipinski definition) is 1. The molecule has 1 N–H and O–H groups in total. The molecule has 2 unspecified atom stereocenters. The summed E-state index contributed by atoms with van der Waals surface area (Å²) in [6.45, 7) is 5.53. The summed E-state index contributed by atoms with van der Waals surface area (Å²) in [5.74, 6) is 1.77. The first kappa shape index (κ1) is 10.5. The molecule has 0 radical (unpaired) electrons. The lowest BCUT2D eigenvalue weighted by atomic mass is 9.99. The number of rotatable bonds is 2. The highest BCUT2D eigenvalue weighted by Crippen LogP contribution is 2.29. The molecule has 1 aliphatic rings. The van der Waals surface area contributed by atoms with Gasteiger partial charge in [0.25, 0.3) is 0 Å². The zero-order chi connectivity index (χ0) is 10.8. The molecule has 82 valence electrons. The fraction of sp³-hybridized carbons (Fsp3) is 0.538. The van der Waals surface area contributed by atoms with Crippen LogP contribution in [0.1, 0.15) is 30.5 Å². The number of methoxy groups -OCH3 is 1. The van der Waals surface area contributed by atoms with Crippen LogP contribution in [0.2, 0.25) is 0 Å². The Morgan fingerprint density at radius 3 is 2.73 bits per heavy atom. The van der Waals surface area contributed by atoms with Crippen LogP contribution >= 0.6 is 0 Å². The fourth-order valence-corrected chi connectivity index (χ4v) is 2.28. The second-order valence-electron chi connectivity index (χ2n) is 4.53. The Morgan fingerprint density at radius 1 is 1.40 bits per heavy atom. The summed E-state index contributed by atoms with van der Waals surface area (Å²) in [6, 6.07) is 7.00. The summed E-state index contributed by atoms with van der Waals surface area (Å²) in [7, 11) is 1.72. The third-order valence-electron chi connectivity index (χ3n) is 3.17. The SMILES string of the molecule is COc1ccc(C2CC(C)CN2)cc1C. The molecule has 1 aliphatic heterocycles. The van der Waals surface area contributed by atoms with Crippen LogP contribution < -0.4 is 10.1 Å². The lowest BCUT2D eigenvalue weighted by Gasteiger charge is -2.13. The first-order valence-corrected chi connectivity index (χ1v) is 5.58. The van der Waals surface area contributed by atoms with Crippen LogP contribution in [0.5, 0.6) is 5.75 Å². The van der Waals surface area contributed by atoms with E-state index in [1.54, 1.807) is 7.11 Å². The van der Waals surface area contributed by atoms with Crippen LogP contribution in [0.25, 0.3) is 0 Å². The van der Waals surface area contributed by atoms with E-state index in [9.17, 15) is 0 Å². The molecule has 1 fully saturated rings. The van der Waals surface area contributed by atoms with Crippen molar-refractivity contribution in [2.24, 2.45) is 5.92 Å². The van der Waals surface area contributed by atoms with Gasteiger partial charge in [-0.25, -0.2) is 0 Å². The molecule has 0 amide bonds. The number of benzene rings is 1. The molecule has 0 spiro atoms. The van der Waals surface area contributed by atoms with E-state index < -0.39 is 0 Å². The van der Waals surface area contributed by atoms with Gasteiger partial charge < -0.3 is 10.1 Å². The van der Waals surface area contributed by atoms with Gasteiger partial charge in [0.2, 0.25) is 0 Å². The lowest BCUT2D eigenvalue weighted by molar-refractivity contribution is 0.411. The van der Waals surface area contributed by atoms with E-state index in [1.807, 2.05) is 0 Å². The molecule has 1 heterocycles. The zero-order valence-electron chi connectivity index (χ0n) is 9.71. The van der Waals surface area contributed by atoms with Crippen molar-refractivity contribution in [1.29, 1.82) is 0 Å². The minimum atomic E-state index is 0.532. The summed E-state index contributed by atoms with van der Waals surface area (Å²) in [6.07, 6.45) is 1.24. The number of aryl methyl sites for hydroxylation is 1. The number of nitrogens with one attached hydrogen (secondary N) is 1. The van der Waals surface area contributed by atoms with E-state index >= 15 is 0 Å². The summed E-state index contributed by atoms with van der Waals surface area (Å²) >= 11 is 0. The Balaban J connectivity index is 2.19. The molecular formula is C13H19NO. The monoisotopic (exact) mass is 205 g/mol. The van der Waals surface area contributed by atoms with E-state index in [0.29, 0.717) is 6.04 Å². The normalized spacial score (nSPS) is 25.5. The first-order chi connectivity index (χ1) is 7.20. The third-order valence-corrected chi connectivity index (χ3v) is 3.17. The average Bonchev–Trinajstić information content (AvgIpc) is 2.65. The fourth-order valence-electron chi connectivity index (χ4n) is 2.28. The van der Waals surface area contributed by atoms with E-state index in [1.165, 1.54) is 17.5 Å². The smallest absolute Gasteiger partial charge is 0.121 e. The molecule has 2 atom stereocenters. The van der Waals surface area contributed by atoms with Gasteiger partial charge in [0, 0.05) is 6.04 Å².